The van der Waals surface area contributed by atoms with Gasteiger partial charge in [-0.25, -0.2) is 4.39 Å². The van der Waals surface area contributed by atoms with Crippen LogP contribution in [0.15, 0.2) is 18.2 Å². The number of hydrogen-bond acceptors (Lipinski definition) is 3. The predicted molar refractivity (Wildman–Crippen MR) is 83.9 cm³/mol. The standard InChI is InChI=1S/C17H27FN2O/c1-20(15-6-3-2-4-7-15)11-5-10-19-13-14-8-9-17(21)16(18)12-14/h8-9,12,15,19,21H,2-7,10-11,13H2,1H3. The van der Waals surface area contributed by atoms with E-state index in [9.17, 15) is 4.39 Å². The number of nitrogens with one attached hydrogen (secondary N) is 1. The fourth-order valence-corrected chi connectivity index (χ4v) is 3.05. The molecule has 4 heteroatoms. The molecule has 0 atom stereocenters. The minimum atomic E-state index is -0.550. The number of phenols is 1. The van der Waals surface area contributed by atoms with E-state index in [-0.39, 0.29) is 5.75 Å². The Morgan fingerprint density at radius 1 is 1.29 bits per heavy atom. The molecule has 0 unspecified atom stereocenters. The molecule has 1 saturated carbocycles. The summed E-state index contributed by atoms with van der Waals surface area (Å²) in [5.41, 5.74) is 0.867. The third-order valence-corrected chi connectivity index (χ3v) is 4.40. The number of hydrogen-bond donors (Lipinski definition) is 2. The lowest BCUT2D eigenvalue weighted by Gasteiger charge is -2.31. The molecule has 0 heterocycles. The summed E-state index contributed by atoms with van der Waals surface area (Å²) in [6.07, 6.45) is 7.94. The normalized spacial score (nSPS) is 16.5. The van der Waals surface area contributed by atoms with Crippen molar-refractivity contribution in [3.8, 4) is 5.75 Å². The summed E-state index contributed by atoms with van der Waals surface area (Å²) in [7, 11) is 2.23. The molecule has 0 saturated heterocycles. The summed E-state index contributed by atoms with van der Waals surface area (Å²) in [6.45, 7) is 2.69. The first-order valence-electron chi connectivity index (χ1n) is 8.05. The maximum Gasteiger partial charge on any atom is 0.165 e. The van der Waals surface area contributed by atoms with Gasteiger partial charge in [-0.15, -0.1) is 0 Å². The molecule has 1 aromatic carbocycles. The highest BCUT2D eigenvalue weighted by molar-refractivity contribution is 5.27. The first-order chi connectivity index (χ1) is 10.2. The number of nitrogens with zero attached hydrogens (tertiary/aromatic N) is 1. The monoisotopic (exact) mass is 294 g/mol. The molecule has 1 aliphatic rings. The zero-order valence-corrected chi connectivity index (χ0v) is 12.9. The lowest BCUT2D eigenvalue weighted by Crippen LogP contribution is -2.35. The molecule has 1 fully saturated rings. The maximum atomic E-state index is 13.2. The van der Waals surface area contributed by atoms with Crippen LogP contribution in [0.2, 0.25) is 0 Å². The van der Waals surface area contributed by atoms with Crippen molar-refractivity contribution in [3.63, 3.8) is 0 Å². The highest BCUT2D eigenvalue weighted by Gasteiger charge is 2.17. The highest BCUT2D eigenvalue weighted by atomic mass is 19.1. The zero-order valence-electron chi connectivity index (χ0n) is 12.9. The molecule has 0 radical (unpaired) electrons. The van der Waals surface area contributed by atoms with Gasteiger partial charge >= 0.3 is 0 Å². The molecule has 0 aliphatic heterocycles. The predicted octanol–water partition coefficient (Wildman–Crippen LogP) is 3.28. The molecule has 0 amide bonds. The Morgan fingerprint density at radius 3 is 2.76 bits per heavy atom. The van der Waals surface area contributed by atoms with Crippen molar-refractivity contribution >= 4 is 0 Å². The van der Waals surface area contributed by atoms with Crippen molar-refractivity contribution in [1.82, 2.24) is 10.2 Å². The van der Waals surface area contributed by atoms with Gasteiger partial charge in [-0.3, -0.25) is 0 Å². The largest absolute Gasteiger partial charge is 0.505 e. The molecule has 0 spiro atoms. The third-order valence-electron chi connectivity index (χ3n) is 4.40. The fourth-order valence-electron chi connectivity index (χ4n) is 3.05. The van der Waals surface area contributed by atoms with Gasteiger partial charge < -0.3 is 15.3 Å². The van der Waals surface area contributed by atoms with Crippen LogP contribution in [0.4, 0.5) is 4.39 Å². The summed E-state index contributed by atoms with van der Waals surface area (Å²) in [5, 5.41) is 12.5. The van der Waals surface area contributed by atoms with Crippen LogP contribution in [0.1, 0.15) is 44.1 Å². The topological polar surface area (TPSA) is 35.5 Å². The van der Waals surface area contributed by atoms with E-state index in [4.69, 9.17) is 5.11 Å². The van der Waals surface area contributed by atoms with Crippen molar-refractivity contribution in [2.75, 3.05) is 20.1 Å². The summed E-state index contributed by atoms with van der Waals surface area (Å²) in [6, 6.07) is 5.31. The third kappa shape index (κ3) is 5.29. The van der Waals surface area contributed by atoms with Crippen LogP contribution in [0.3, 0.4) is 0 Å². The molecule has 0 bridgehead atoms. The summed E-state index contributed by atoms with van der Waals surface area (Å²) >= 11 is 0. The van der Waals surface area contributed by atoms with E-state index in [1.165, 1.54) is 44.2 Å². The van der Waals surface area contributed by atoms with E-state index in [1.54, 1.807) is 6.07 Å². The van der Waals surface area contributed by atoms with Crippen molar-refractivity contribution in [2.45, 2.75) is 51.1 Å². The molecule has 2 rings (SSSR count). The Morgan fingerprint density at radius 2 is 2.05 bits per heavy atom. The number of phenolic OH excluding ortho intramolecular Hbond substituents is 1. The Bertz CT molecular complexity index is 433. The van der Waals surface area contributed by atoms with Crippen LogP contribution < -0.4 is 5.32 Å². The summed E-state index contributed by atoms with van der Waals surface area (Å²) in [5.74, 6) is -0.834. The van der Waals surface area contributed by atoms with Gasteiger partial charge in [0.2, 0.25) is 0 Å². The molecule has 1 aliphatic carbocycles. The zero-order chi connectivity index (χ0) is 15.1. The first-order valence-corrected chi connectivity index (χ1v) is 8.05. The molecular weight excluding hydrogens is 267 g/mol. The Balaban J connectivity index is 1.60. The van der Waals surface area contributed by atoms with Gasteiger partial charge in [0.25, 0.3) is 0 Å². The smallest absolute Gasteiger partial charge is 0.165 e. The van der Waals surface area contributed by atoms with E-state index in [2.05, 4.69) is 17.3 Å². The van der Waals surface area contributed by atoms with Crippen LogP contribution in [0.5, 0.6) is 5.75 Å². The van der Waals surface area contributed by atoms with E-state index in [1.807, 2.05) is 0 Å². The van der Waals surface area contributed by atoms with Crippen molar-refractivity contribution in [2.24, 2.45) is 0 Å². The molecular formula is C17H27FN2O. The van der Waals surface area contributed by atoms with Gasteiger partial charge in [0.05, 0.1) is 0 Å². The average molecular weight is 294 g/mol. The second kappa shape index (κ2) is 8.35. The van der Waals surface area contributed by atoms with Gasteiger partial charge in [-0.2, -0.15) is 0 Å². The first kappa shape index (κ1) is 16.2. The average Bonchev–Trinajstić information content (AvgIpc) is 2.51. The number of halogens is 1. The summed E-state index contributed by atoms with van der Waals surface area (Å²) in [4.78, 5) is 2.49. The van der Waals surface area contributed by atoms with Crippen molar-refractivity contribution in [3.05, 3.63) is 29.6 Å². The van der Waals surface area contributed by atoms with Crippen LogP contribution in [-0.2, 0) is 6.54 Å². The molecule has 3 nitrogen and oxygen atoms in total. The van der Waals surface area contributed by atoms with Gasteiger partial charge in [0.1, 0.15) is 0 Å². The lowest BCUT2D eigenvalue weighted by atomic mass is 9.94. The van der Waals surface area contributed by atoms with Crippen LogP contribution >= 0.6 is 0 Å². The van der Waals surface area contributed by atoms with Crippen LogP contribution in [0, 0.1) is 5.82 Å². The van der Waals surface area contributed by atoms with E-state index in [0.717, 1.165) is 31.1 Å². The van der Waals surface area contributed by atoms with Gasteiger partial charge in [0, 0.05) is 12.6 Å². The number of benzene rings is 1. The Hall–Kier alpha value is -1.13. The SMILES string of the molecule is CN(CCCNCc1ccc(O)c(F)c1)C1CCCCC1. The van der Waals surface area contributed by atoms with E-state index < -0.39 is 5.82 Å². The molecule has 118 valence electrons. The van der Waals surface area contributed by atoms with E-state index >= 15 is 0 Å². The molecule has 0 aromatic heterocycles. The van der Waals surface area contributed by atoms with Crippen molar-refractivity contribution < 1.29 is 9.50 Å². The summed E-state index contributed by atoms with van der Waals surface area (Å²) < 4.78 is 13.2. The molecule has 2 N–H and O–H groups in total. The Labute approximate surface area is 127 Å². The number of rotatable bonds is 7. The molecule has 1 aromatic rings. The minimum Gasteiger partial charge on any atom is -0.505 e. The second-order valence-electron chi connectivity index (χ2n) is 6.09. The molecule has 21 heavy (non-hydrogen) atoms. The number of aromatic hydroxyl groups is 1. The van der Waals surface area contributed by atoms with Crippen LogP contribution in [0.25, 0.3) is 0 Å². The van der Waals surface area contributed by atoms with Gasteiger partial charge in [-0.1, -0.05) is 25.3 Å². The van der Waals surface area contributed by atoms with Gasteiger partial charge in [0.15, 0.2) is 11.6 Å². The minimum absolute atomic E-state index is 0.284. The lowest BCUT2D eigenvalue weighted by molar-refractivity contribution is 0.189. The highest BCUT2D eigenvalue weighted by Crippen LogP contribution is 2.21. The maximum absolute atomic E-state index is 13.2. The quantitative estimate of drug-likeness (QED) is 0.758. The van der Waals surface area contributed by atoms with Crippen molar-refractivity contribution in [1.29, 1.82) is 0 Å². The van der Waals surface area contributed by atoms with E-state index in [0.29, 0.717) is 6.54 Å². The fraction of sp³-hybridized carbons (Fsp3) is 0.647. The van der Waals surface area contributed by atoms with Gasteiger partial charge in [-0.05, 0) is 57.1 Å². The second-order valence-corrected chi connectivity index (χ2v) is 6.09. The Kier molecular flexibility index (Phi) is 6.46. The van der Waals surface area contributed by atoms with Crippen LogP contribution in [-0.4, -0.2) is 36.2 Å².